The minimum Gasteiger partial charge on any atom is -0.494 e. The molecule has 2 aromatic carbocycles. The third-order valence-electron chi connectivity index (χ3n) is 4.72. The van der Waals surface area contributed by atoms with Gasteiger partial charge in [-0.2, -0.15) is 0 Å². The first kappa shape index (κ1) is 25.7. The fraction of sp³-hybridized carbons (Fsp3) is 0.400. The standard InChI is InChI=1S/C25H31NO7/c1-4-26(24(29)25(30)33-13-7-8-23(27)28)20-11-9-18(10-12-20)14-19-15-21(31-5-2)17-22(16-19)32-6-3/h9-12,15-17H,4-8,13-14H2,1-3H3,(H,27,28). The van der Waals surface area contributed by atoms with Gasteiger partial charge < -0.3 is 24.2 Å². The third-order valence-corrected chi connectivity index (χ3v) is 4.72. The van der Waals surface area contributed by atoms with E-state index in [1.807, 2.05) is 44.2 Å². The maximum atomic E-state index is 12.5. The second-order valence-corrected chi connectivity index (χ2v) is 7.20. The number of benzene rings is 2. The van der Waals surface area contributed by atoms with Crippen LogP contribution in [0.5, 0.6) is 11.5 Å². The molecule has 1 N–H and O–H groups in total. The van der Waals surface area contributed by atoms with E-state index >= 15 is 0 Å². The predicted octanol–water partition coefficient (Wildman–Crippen LogP) is 3.84. The van der Waals surface area contributed by atoms with Crippen molar-refractivity contribution in [1.29, 1.82) is 0 Å². The molecule has 0 radical (unpaired) electrons. The van der Waals surface area contributed by atoms with Gasteiger partial charge in [-0.05, 0) is 69.0 Å². The molecule has 2 aromatic rings. The van der Waals surface area contributed by atoms with Gasteiger partial charge in [0.1, 0.15) is 11.5 Å². The quantitative estimate of drug-likeness (QED) is 0.293. The maximum Gasteiger partial charge on any atom is 0.397 e. The number of anilines is 1. The van der Waals surface area contributed by atoms with Crippen molar-refractivity contribution in [2.75, 3.05) is 31.3 Å². The normalized spacial score (nSPS) is 10.4. The lowest BCUT2D eigenvalue weighted by molar-refractivity contribution is -0.154. The SMILES string of the molecule is CCOc1cc(Cc2ccc(N(CC)C(=O)C(=O)OCCCC(=O)O)cc2)cc(OCC)c1. The molecule has 1 amide bonds. The molecule has 178 valence electrons. The van der Waals surface area contributed by atoms with Crippen LogP contribution in [0.4, 0.5) is 5.69 Å². The minimum atomic E-state index is -0.998. The highest BCUT2D eigenvalue weighted by Gasteiger charge is 2.23. The fourth-order valence-corrected chi connectivity index (χ4v) is 3.27. The van der Waals surface area contributed by atoms with Gasteiger partial charge in [0.25, 0.3) is 0 Å². The molecule has 0 heterocycles. The topological polar surface area (TPSA) is 102 Å². The number of carboxylic acids is 1. The molecule has 0 unspecified atom stereocenters. The summed E-state index contributed by atoms with van der Waals surface area (Å²) in [6.45, 7) is 6.92. The highest BCUT2D eigenvalue weighted by molar-refractivity contribution is 6.38. The van der Waals surface area contributed by atoms with Crippen molar-refractivity contribution in [3.8, 4) is 11.5 Å². The lowest BCUT2D eigenvalue weighted by atomic mass is 10.0. The molecule has 0 aliphatic heterocycles. The Morgan fingerprint density at radius 1 is 0.879 bits per heavy atom. The van der Waals surface area contributed by atoms with Crippen LogP contribution in [0.15, 0.2) is 42.5 Å². The molecule has 8 nitrogen and oxygen atoms in total. The second-order valence-electron chi connectivity index (χ2n) is 7.20. The summed E-state index contributed by atoms with van der Waals surface area (Å²) in [7, 11) is 0. The van der Waals surface area contributed by atoms with Crippen molar-refractivity contribution in [2.45, 2.75) is 40.0 Å². The molecule has 0 saturated heterocycles. The Morgan fingerprint density at radius 3 is 2.00 bits per heavy atom. The zero-order valence-electron chi connectivity index (χ0n) is 19.3. The van der Waals surface area contributed by atoms with Crippen LogP contribution in [0.25, 0.3) is 0 Å². The number of carbonyl (C=O) groups is 3. The van der Waals surface area contributed by atoms with Gasteiger partial charge in [0.05, 0.1) is 19.8 Å². The molecule has 0 saturated carbocycles. The average Bonchev–Trinajstić information content (AvgIpc) is 2.78. The van der Waals surface area contributed by atoms with Gasteiger partial charge in [0, 0.05) is 24.7 Å². The van der Waals surface area contributed by atoms with Gasteiger partial charge in [-0.1, -0.05) is 12.1 Å². The van der Waals surface area contributed by atoms with E-state index in [9.17, 15) is 14.4 Å². The van der Waals surface area contributed by atoms with Crippen molar-refractivity contribution >= 4 is 23.5 Å². The van der Waals surface area contributed by atoms with E-state index in [0.29, 0.717) is 25.3 Å². The molecule has 8 heteroatoms. The lowest BCUT2D eigenvalue weighted by Crippen LogP contribution is -2.37. The summed E-state index contributed by atoms with van der Waals surface area (Å²) in [5.74, 6) is -1.26. The molecule has 0 aromatic heterocycles. The fourth-order valence-electron chi connectivity index (χ4n) is 3.27. The van der Waals surface area contributed by atoms with Crippen molar-refractivity contribution in [3.63, 3.8) is 0 Å². The lowest BCUT2D eigenvalue weighted by Gasteiger charge is -2.20. The van der Waals surface area contributed by atoms with Crippen LogP contribution in [0, 0.1) is 0 Å². The number of ether oxygens (including phenoxy) is 3. The Labute approximate surface area is 194 Å². The number of carboxylic acid groups (broad SMARTS) is 1. The second kappa shape index (κ2) is 13.1. The van der Waals surface area contributed by atoms with Crippen molar-refractivity contribution in [3.05, 3.63) is 53.6 Å². The predicted molar refractivity (Wildman–Crippen MR) is 124 cm³/mol. The monoisotopic (exact) mass is 457 g/mol. The van der Waals surface area contributed by atoms with E-state index in [0.717, 1.165) is 22.6 Å². The van der Waals surface area contributed by atoms with Crippen LogP contribution in [0.3, 0.4) is 0 Å². The summed E-state index contributed by atoms with van der Waals surface area (Å²) < 4.78 is 16.2. The first-order valence-electron chi connectivity index (χ1n) is 11.1. The largest absolute Gasteiger partial charge is 0.494 e. The number of hydrogen-bond acceptors (Lipinski definition) is 6. The number of esters is 1. The molecule has 0 atom stereocenters. The molecule has 0 bridgehead atoms. The summed E-state index contributed by atoms with van der Waals surface area (Å²) in [5, 5.41) is 8.63. The number of rotatable bonds is 12. The highest BCUT2D eigenvalue weighted by Crippen LogP contribution is 2.26. The Hall–Kier alpha value is -3.55. The average molecular weight is 458 g/mol. The third kappa shape index (κ3) is 8.14. The number of hydrogen-bond donors (Lipinski definition) is 1. The van der Waals surface area contributed by atoms with E-state index in [2.05, 4.69) is 0 Å². The summed E-state index contributed by atoms with van der Waals surface area (Å²) in [6, 6.07) is 13.2. The van der Waals surface area contributed by atoms with Gasteiger partial charge in [0.15, 0.2) is 0 Å². The number of carbonyl (C=O) groups excluding carboxylic acids is 2. The molecular formula is C25H31NO7. The molecular weight excluding hydrogens is 426 g/mol. The van der Waals surface area contributed by atoms with E-state index in [1.54, 1.807) is 19.1 Å². The van der Waals surface area contributed by atoms with E-state index in [-0.39, 0.29) is 26.0 Å². The summed E-state index contributed by atoms with van der Waals surface area (Å²) in [6.07, 6.45) is 0.678. The number of aliphatic carboxylic acids is 1. The Bertz CT molecular complexity index is 916. The van der Waals surface area contributed by atoms with Crippen LogP contribution >= 0.6 is 0 Å². The molecule has 0 spiro atoms. The molecule has 0 fully saturated rings. The number of likely N-dealkylation sites (N-methyl/N-ethyl adjacent to an activating group) is 1. The Kier molecular flexibility index (Phi) is 10.2. The van der Waals surface area contributed by atoms with Crippen LogP contribution in [-0.2, 0) is 25.5 Å². The Morgan fingerprint density at radius 2 is 1.48 bits per heavy atom. The van der Waals surface area contributed by atoms with Crippen LogP contribution in [0.1, 0.15) is 44.7 Å². The van der Waals surface area contributed by atoms with Crippen LogP contribution in [0.2, 0.25) is 0 Å². The summed E-state index contributed by atoms with van der Waals surface area (Å²) >= 11 is 0. The van der Waals surface area contributed by atoms with Gasteiger partial charge in [0.2, 0.25) is 0 Å². The van der Waals surface area contributed by atoms with Gasteiger partial charge in [-0.3, -0.25) is 9.59 Å². The maximum absolute atomic E-state index is 12.5. The summed E-state index contributed by atoms with van der Waals surface area (Å²) in [5.41, 5.74) is 2.63. The first-order chi connectivity index (χ1) is 15.9. The van der Waals surface area contributed by atoms with Crippen LogP contribution in [-0.4, -0.2) is 49.3 Å². The van der Waals surface area contributed by atoms with E-state index < -0.39 is 17.8 Å². The van der Waals surface area contributed by atoms with Gasteiger partial charge in [-0.15, -0.1) is 0 Å². The van der Waals surface area contributed by atoms with Gasteiger partial charge >= 0.3 is 17.8 Å². The molecule has 2 rings (SSSR count). The number of nitrogens with zero attached hydrogens (tertiary/aromatic N) is 1. The Balaban J connectivity index is 2.06. The van der Waals surface area contributed by atoms with Crippen molar-refractivity contribution in [2.24, 2.45) is 0 Å². The smallest absolute Gasteiger partial charge is 0.397 e. The zero-order chi connectivity index (χ0) is 24.2. The molecule has 0 aliphatic rings. The summed E-state index contributed by atoms with van der Waals surface area (Å²) in [4.78, 5) is 36.4. The molecule has 0 aliphatic carbocycles. The van der Waals surface area contributed by atoms with Crippen LogP contribution < -0.4 is 14.4 Å². The van der Waals surface area contributed by atoms with Crippen molar-refractivity contribution < 1.29 is 33.7 Å². The zero-order valence-corrected chi connectivity index (χ0v) is 19.3. The van der Waals surface area contributed by atoms with E-state index in [4.69, 9.17) is 19.3 Å². The van der Waals surface area contributed by atoms with Gasteiger partial charge in [-0.25, -0.2) is 4.79 Å². The number of amides is 1. The minimum absolute atomic E-state index is 0.113. The van der Waals surface area contributed by atoms with E-state index in [1.165, 1.54) is 4.90 Å². The molecule has 33 heavy (non-hydrogen) atoms. The highest BCUT2D eigenvalue weighted by atomic mass is 16.5. The van der Waals surface area contributed by atoms with Crippen molar-refractivity contribution in [1.82, 2.24) is 0 Å². The first-order valence-corrected chi connectivity index (χ1v) is 11.1.